The molecule has 1 rings (SSSR count). The number of likely N-dealkylation sites (tertiary alicyclic amines) is 1. The van der Waals surface area contributed by atoms with Gasteiger partial charge >= 0.3 is 0 Å². The number of carbonyl (C=O) groups is 1. The minimum absolute atomic E-state index is 0.283. The zero-order valence-electron chi connectivity index (χ0n) is 10.1. The maximum Gasteiger partial charge on any atom is 0.222 e. The van der Waals surface area contributed by atoms with E-state index in [1.54, 1.807) is 0 Å². The lowest BCUT2D eigenvalue weighted by atomic mass is 10.2. The predicted molar refractivity (Wildman–Crippen MR) is 61.8 cm³/mol. The Hall–Kier alpha value is -0.610. The first kappa shape index (κ1) is 12.5. The van der Waals surface area contributed by atoms with E-state index in [1.165, 1.54) is 0 Å². The Morgan fingerprint density at radius 1 is 1.60 bits per heavy atom. The number of nitrogens with zero attached hydrogens (tertiary/aromatic N) is 2. The largest absolute Gasteiger partial charge is 0.341 e. The summed E-state index contributed by atoms with van der Waals surface area (Å²) in [6.45, 7) is 3.05. The smallest absolute Gasteiger partial charge is 0.222 e. The third-order valence-corrected chi connectivity index (χ3v) is 3.13. The maximum absolute atomic E-state index is 11.8. The van der Waals surface area contributed by atoms with E-state index in [0.29, 0.717) is 12.5 Å². The van der Waals surface area contributed by atoms with E-state index < -0.39 is 0 Å². The van der Waals surface area contributed by atoms with Gasteiger partial charge in [0.25, 0.3) is 0 Å². The highest BCUT2D eigenvalue weighted by atomic mass is 16.2. The third kappa shape index (κ3) is 3.80. The van der Waals surface area contributed by atoms with Gasteiger partial charge in [0.2, 0.25) is 5.91 Å². The van der Waals surface area contributed by atoms with Gasteiger partial charge in [-0.05, 0) is 40.0 Å². The van der Waals surface area contributed by atoms with Gasteiger partial charge in [-0.3, -0.25) is 4.79 Å². The average Bonchev–Trinajstić information content (AvgIpc) is 2.64. The van der Waals surface area contributed by atoms with Gasteiger partial charge in [-0.2, -0.15) is 0 Å². The molecule has 1 unspecified atom stereocenters. The second kappa shape index (κ2) is 6.08. The summed E-state index contributed by atoms with van der Waals surface area (Å²) in [5.74, 6) is 0.283. The van der Waals surface area contributed by atoms with Crippen molar-refractivity contribution in [3.8, 4) is 0 Å². The third-order valence-electron chi connectivity index (χ3n) is 3.13. The van der Waals surface area contributed by atoms with Gasteiger partial charge < -0.3 is 15.1 Å². The molecule has 1 aliphatic rings. The molecule has 15 heavy (non-hydrogen) atoms. The van der Waals surface area contributed by atoms with Crippen LogP contribution in [-0.4, -0.2) is 62.5 Å². The second-order valence-electron chi connectivity index (χ2n) is 4.42. The molecule has 0 aromatic carbocycles. The topological polar surface area (TPSA) is 35.6 Å². The van der Waals surface area contributed by atoms with Gasteiger partial charge in [0.05, 0.1) is 0 Å². The van der Waals surface area contributed by atoms with Crippen molar-refractivity contribution in [2.24, 2.45) is 0 Å². The number of rotatable bonds is 5. The Morgan fingerprint density at radius 3 is 2.87 bits per heavy atom. The predicted octanol–water partition coefficient (Wildman–Crippen LogP) is 0.149. The highest BCUT2D eigenvalue weighted by Gasteiger charge is 2.25. The van der Waals surface area contributed by atoms with Gasteiger partial charge in [0.1, 0.15) is 0 Å². The lowest BCUT2D eigenvalue weighted by Crippen LogP contribution is -2.38. The van der Waals surface area contributed by atoms with E-state index >= 15 is 0 Å². The van der Waals surface area contributed by atoms with Crippen LogP contribution in [0.2, 0.25) is 0 Å². The molecule has 1 saturated heterocycles. The van der Waals surface area contributed by atoms with Crippen LogP contribution < -0.4 is 5.32 Å². The average molecular weight is 213 g/mol. The summed E-state index contributed by atoms with van der Waals surface area (Å²) in [5, 5.41) is 3.06. The first-order valence-electron chi connectivity index (χ1n) is 5.74. The molecule has 1 fully saturated rings. The van der Waals surface area contributed by atoms with Crippen LogP contribution in [0, 0.1) is 0 Å². The molecule has 0 aliphatic carbocycles. The Morgan fingerprint density at radius 2 is 2.33 bits per heavy atom. The van der Waals surface area contributed by atoms with Crippen LogP contribution in [0.5, 0.6) is 0 Å². The summed E-state index contributed by atoms with van der Waals surface area (Å²) in [5.41, 5.74) is 0. The molecule has 0 radical (unpaired) electrons. The zero-order chi connectivity index (χ0) is 11.3. The van der Waals surface area contributed by atoms with Crippen molar-refractivity contribution in [1.82, 2.24) is 15.1 Å². The van der Waals surface area contributed by atoms with E-state index in [0.717, 1.165) is 32.5 Å². The number of hydrogen-bond donors (Lipinski definition) is 1. The van der Waals surface area contributed by atoms with Gasteiger partial charge in [-0.15, -0.1) is 0 Å². The first-order chi connectivity index (χ1) is 7.15. The molecule has 1 amide bonds. The normalized spacial score (nSPS) is 21.9. The van der Waals surface area contributed by atoms with Crippen molar-refractivity contribution in [1.29, 1.82) is 0 Å². The van der Waals surface area contributed by atoms with Crippen LogP contribution in [0.15, 0.2) is 0 Å². The molecule has 0 bridgehead atoms. The molecule has 1 atom stereocenters. The lowest BCUT2D eigenvalue weighted by Gasteiger charge is -2.24. The van der Waals surface area contributed by atoms with E-state index in [-0.39, 0.29) is 5.91 Å². The SMILES string of the molecule is CNCCCC(=O)N(C)C1CCN(C)C1. The molecule has 0 aromatic rings. The van der Waals surface area contributed by atoms with Gasteiger partial charge in [0.15, 0.2) is 0 Å². The summed E-state index contributed by atoms with van der Waals surface area (Å²) in [6, 6.07) is 0.428. The van der Waals surface area contributed by atoms with Gasteiger partial charge in [-0.1, -0.05) is 0 Å². The zero-order valence-corrected chi connectivity index (χ0v) is 10.1. The molecule has 4 nitrogen and oxygen atoms in total. The van der Waals surface area contributed by atoms with Crippen LogP contribution in [-0.2, 0) is 4.79 Å². The molecule has 0 spiro atoms. The van der Waals surface area contributed by atoms with Gasteiger partial charge in [0, 0.05) is 26.1 Å². The van der Waals surface area contributed by atoms with Crippen LogP contribution >= 0.6 is 0 Å². The molecule has 4 heteroatoms. The Balaban J connectivity index is 2.26. The number of amides is 1. The van der Waals surface area contributed by atoms with Crippen molar-refractivity contribution in [2.75, 3.05) is 40.8 Å². The molecule has 1 N–H and O–H groups in total. The van der Waals surface area contributed by atoms with E-state index in [4.69, 9.17) is 0 Å². The van der Waals surface area contributed by atoms with Crippen LogP contribution in [0.3, 0.4) is 0 Å². The molecular formula is C11H23N3O. The van der Waals surface area contributed by atoms with Crippen molar-refractivity contribution in [3.05, 3.63) is 0 Å². The van der Waals surface area contributed by atoms with Crippen molar-refractivity contribution in [2.45, 2.75) is 25.3 Å². The quantitative estimate of drug-likeness (QED) is 0.660. The number of nitrogens with one attached hydrogen (secondary N) is 1. The summed E-state index contributed by atoms with van der Waals surface area (Å²) in [7, 11) is 5.96. The minimum Gasteiger partial charge on any atom is -0.341 e. The van der Waals surface area contributed by atoms with E-state index in [9.17, 15) is 4.79 Å². The second-order valence-corrected chi connectivity index (χ2v) is 4.42. The van der Waals surface area contributed by atoms with E-state index in [1.807, 2.05) is 19.0 Å². The molecule has 88 valence electrons. The summed E-state index contributed by atoms with van der Waals surface area (Å²) in [6.07, 6.45) is 2.71. The fourth-order valence-corrected chi connectivity index (χ4v) is 2.02. The van der Waals surface area contributed by atoms with Gasteiger partial charge in [-0.25, -0.2) is 0 Å². The highest BCUT2D eigenvalue weighted by molar-refractivity contribution is 5.76. The molecule has 0 saturated carbocycles. The number of carbonyl (C=O) groups excluding carboxylic acids is 1. The summed E-state index contributed by atoms with van der Waals surface area (Å²) < 4.78 is 0. The fraction of sp³-hybridized carbons (Fsp3) is 0.909. The van der Waals surface area contributed by atoms with Crippen molar-refractivity contribution >= 4 is 5.91 Å². The van der Waals surface area contributed by atoms with Crippen LogP contribution in [0.4, 0.5) is 0 Å². The summed E-state index contributed by atoms with van der Waals surface area (Å²) >= 11 is 0. The fourth-order valence-electron chi connectivity index (χ4n) is 2.02. The Kier molecular flexibility index (Phi) is 5.05. The molecular weight excluding hydrogens is 190 g/mol. The standard InChI is InChI=1S/C11H23N3O/c1-12-7-4-5-11(15)14(3)10-6-8-13(2)9-10/h10,12H,4-9H2,1-3H3. The van der Waals surface area contributed by atoms with E-state index in [2.05, 4.69) is 17.3 Å². The molecule has 1 heterocycles. The monoisotopic (exact) mass is 213 g/mol. The summed E-state index contributed by atoms with van der Waals surface area (Å²) in [4.78, 5) is 16.0. The van der Waals surface area contributed by atoms with Crippen molar-refractivity contribution in [3.63, 3.8) is 0 Å². The van der Waals surface area contributed by atoms with Crippen molar-refractivity contribution < 1.29 is 4.79 Å². The first-order valence-corrected chi connectivity index (χ1v) is 5.74. The molecule has 0 aromatic heterocycles. The Labute approximate surface area is 92.6 Å². The number of likely N-dealkylation sites (N-methyl/N-ethyl adjacent to an activating group) is 2. The maximum atomic E-state index is 11.8. The number of hydrogen-bond acceptors (Lipinski definition) is 3. The highest BCUT2D eigenvalue weighted by Crippen LogP contribution is 2.13. The lowest BCUT2D eigenvalue weighted by molar-refractivity contribution is -0.131. The molecule has 1 aliphatic heterocycles. The van der Waals surface area contributed by atoms with Crippen LogP contribution in [0.1, 0.15) is 19.3 Å². The van der Waals surface area contributed by atoms with Crippen LogP contribution in [0.25, 0.3) is 0 Å². The Bertz CT molecular complexity index is 208. The minimum atomic E-state index is 0.283.